The second-order valence-corrected chi connectivity index (χ2v) is 5.35. The first-order chi connectivity index (χ1) is 11.4. The number of benzene rings is 3. The maximum absolute atomic E-state index is 13.5. The molecular weight excluding hydrogens is 313 g/mol. The van der Waals surface area contributed by atoms with Crippen LogP contribution in [0, 0.1) is 0 Å². The molecule has 0 aliphatic carbocycles. The third-order valence-electron chi connectivity index (χ3n) is 3.70. The van der Waals surface area contributed by atoms with E-state index in [0.29, 0.717) is 11.5 Å². The fourth-order valence-corrected chi connectivity index (χ4v) is 2.50. The van der Waals surface area contributed by atoms with Crippen LogP contribution in [0.3, 0.4) is 0 Å². The van der Waals surface area contributed by atoms with Gasteiger partial charge in [0.2, 0.25) is 0 Å². The van der Waals surface area contributed by atoms with Gasteiger partial charge in [0, 0.05) is 5.56 Å². The van der Waals surface area contributed by atoms with Gasteiger partial charge < -0.3 is 0 Å². The van der Waals surface area contributed by atoms with Crippen LogP contribution in [0.15, 0.2) is 78.9 Å². The summed E-state index contributed by atoms with van der Waals surface area (Å²) in [6, 6.07) is 19.5. The molecule has 3 aromatic carbocycles. The molecule has 0 N–H and O–H groups in total. The molecule has 120 valence electrons. The first-order valence-corrected chi connectivity index (χ1v) is 7.32. The minimum atomic E-state index is -4.62. The van der Waals surface area contributed by atoms with E-state index in [1.165, 1.54) is 24.3 Å². The molecule has 1 nitrogen and oxygen atoms in total. The van der Waals surface area contributed by atoms with Crippen molar-refractivity contribution in [2.45, 2.75) is 6.18 Å². The molecule has 4 heteroatoms. The van der Waals surface area contributed by atoms with Gasteiger partial charge in [-0.05, 0) is 28.5 Å². The SMILES string of the molecule is O=C(/C=C(\c1ccc2ccccc2c1)C(F)(F)F)c1ccccc1. The van der Waals surface area contributed by atoms with Gasteiger partial charge in [0.15, 0.2) is 5.78 Å². The van der Waals surface area contributed by atoms with E-state index in [4.69, 9.17) is 0 Å². The van der Waals surface area contributed by atoms with Crippen LogP contribution in [0.2, 0.25) is 0 Å². The van der Waals surface area contributed by atoms with E-state index in [1.54, 1.807) is 36.4 Å². The molecule has 0 aromatic heterocycles. The number of carbonyl (C=O) groups is 1. The molecule has 0 aliphatic heterocycles. The number of rotatable bonds is 3. The van der Waals surface area contributed by atoms with E-state index in [-0.39, 0.29) is 11.1 Å². The largest absolute Gasteiger partial charge is 0.417 e. The van der Waals surface area contributed by atoms with Gasteiger partial charge in [-0.2, -0.15) is 13.2 Å². The number of hydrogen-bond donors (Lipinski definition) is 0. The number of allylic oxidation sites excluding steroid dienone is 2. The lowest BCUT2D eigenvalue weighted by Gasteiger charge is -2.13. The normalized spacial score (nSPS) is 12.4. The first kappa shape index (κ1) is 16.0. The van der Waals surface area contributed by atoms with Crippen molar-refractivity contribution in [2.24, 2.45) is 0 Å². The first-order valence-electron chi connectivity index (χ1n) is 7.32. The summed E-state index contributed by atoms with van der Waals surface area (Å²) >= 11 is 0. The number of halogens is 3. The van der Waals surface area contributed by atoms with Crippen LogP contribution in [-0.2, 0) is 0 Å². The Hall–Kier alpha value is -2.88. The third-order valence-corrected chi connectivity index (χ3v) is 3.70. The van der Waals surface area contributed by atoms with Crippen molar-refractivity contribution in [3.63, 3.8) is 0 Å². The Morgan fingerprint density at radius 1 is 0.750 bits per heavy atom. The lowest BCUT2D eigenvalue weighted by molar-refractivity contribution is -0.0689. The Balaban J connectivity index is 2.09. The molecule has 0 fully saturated rings. The van der Waals surface area contributed by atoms with Gasteiger partial charge in [0.05, 0.1) is 5.57 Å². The molecule has 0 unspecified atom stereocenters. The summed E-state index contributed by atoms with van der Waals surface area (Å²) in [7, 11) is 0. The smallest absolute Gasteiger partial charge is 0.289 e. The average Bonchev–Trinajstić information content (AvgIpc) is 2.59. The summed E-state index contributed by atoms with van der Waals surface area (Å²) in [5.41, 5.74) is -0.743. The summed E-state index contributed by atoms with van der Waals surface area (Å²) in [6.07, 6.45) is -3.95. The van der Waals surface area contributed by atoms with Gasteiger partial charge in [-0.25, -0.2) is 0 Å². The quantitative estimate of drug-likeness (QED) is 0.448. The van der Waals surface area contributed by atoms with Gasteiger partial charge in [-0.3, -0.25) is 4.79 Å². The fourth-order valence-electron chi connectivity index (χ4n) is 2.50. The summed E-state index contributed by atoms with van der Waals surface area (Å²) in [4.78, 5) is 12.2. The molecule has 0 spiro atoms. The van der Waals surface area contributed by atoms with Gasteiger partial charge in [0.25, 0.3) is 0 Å². The average molecular weight is 326 g/mol. The second kappa shape index (κ2) is 6.32. The third kappa shape index (κ3) is 3.38. The van der Waals surface area contributed by atoms with E-state index in [2.05, 4.69) is 0 Å². The monoisotopic (exact) mass is 326 g/mol. The van der Waals surface area contributed by atoms with Crippen LogP contribution < -0.4 is 0 Å². The van der Waals surface area contributed by atoms with Crippen molar-refractivity contribution in [3.8, 4) is 0 Å². The summed E-state index contributed by atoms with van der Waals surface area (Å²) in [5, 5.41) is 1.54. The molecular formula is C20H13F3O. The highest BCUT2D eigenvalue weighted by molar-refractivity contribution is 6.09. The molecule has 3 aromatic rings. The Morgan fingerprint density at radius 3 is 2.04 bits per heavy atom. The van der Waals surface area contributed by atoms with E-state index in [9.17, 15) is 18.0 Å². The number of alkyl halides is 3. The minimum absolute atomic E-state index is 0.0227. The number of fused-ring (bicyclic) bond motifs is 1. The summed E-state index contributed by atoms with van der Waals surface area (Å²) < 4.78 is 40.4. The highest BCUT2D eigenvalue weighted by atomic mass is 19.4. The molecule has 0 saturated heterocycles. The molecule has 0 amide bonds. The lowest BCUT2D eigenvalue weighted by Crippen LogP contribution is -2.13. The zero-order valence-electron chi connectivity index (χ0n) is 12.5. The van der Waals surface area contributed by atoms with Crippen molar-refractivity contribution in [2.75, 3.05) is 0 Å². The maximum Gasteiger partial charge on any atom is 0.417 e. The van der Waals surface area contributed by atoms with E-state index in [0.717, 1.165) is 5.39 Å². The molecule has 0 atom stereocenters. The molecule has 0 heterocycles. The Bertz CT molecular complexity index is 909. The van der Waals surface area contributed by atoms with Gasteiger partial charge in [-0.15, -0.1) is 0 Å². The molecule has 0 saturated carbocycles. The Morgan fingerprint density at radius 2 is 1.38 bits per heavy atom. The molecule has 24 heavy (non-hydrogen) atoms. The van der Waals surface area contributed by atoms with E-state index < -0.39 is 17.5 Å². The van der Waals surface area contributed by atoms with Crippen LogP contribution in [-0.4, -0.2) is 12.0 Å². The Labute approximate surface area is 137 Å². The zero-order valence-corrected chi connectivity index (χ0v) is 12.5. The summed E-state index contributed by atoms with van der Waals surface area (Å²) in [5.74, 6) is -0.670. The van der Waals surface area contributed by atoms with E-state index in [1.807, 2.05) is 12.1 Å². The predicted octanol–water partition coefficient (Wildman–Crippen LogP) is 5.67. The molecule has 3 rings (SSSR count). The molecule has 0 bridgehead atoms. The van der Waals surface area contributed by atoms with Crippen LogP contribution in [0.25, 0.3) is 16.3 Å². The van der Waals surface area contributed by atoms with Crippen molar-refractivity contribution in [3.05, 3.63) is 90.0 Å². The zero-order chi connectivity index (χ0) is 17.2. The fraction of sp³-hybridized carbons (Fsp3) is 0.0500. The molecule has 0 aliphatic rings. The highest BCUT2D eigenvalue weighted by Gasteiger charge is 2.35. The van der Waals surface area contributed by atoms with Crippen LogP contribution in [0.1, 0.15) is 15.9 Å². The van der Waals surface area contributed by atoms with Crippen molar-refractivity contribution < 1.29 is 18.0 Å². The topological polar surface area (TPSA) is 17.1 Å². The lowest BCUT2D eigenvalue weighted by atomic mass is 9.98. The van der Waals surface area contributed by atoms with E-state index >= 15 is 0 Å². The van der Waals surface area contributed by atoms with Crippen LogP contribution in [0.4, 0.5) is 13.2 Å². The van der Waals surface area contributed by atoms with Gasteiger partial charge in [0.1, 0.15) is 0 Å². The molecule has 0 radical (unpaired) electrons. The highest BCUT2D eigenvalue weighted by Crippen LogP contribution is 2.35. The second-order valence-electron chi connectivity index (χ2n) is 5.35. The maximum atomic E-state index is 13.5. The van der Waals surface area contributed by atoms with Gasteiger partial charge >= 0.3 is 6.18 Å². The van der Waals surface area contributed by atoms with Crippen LogP contribution >= 0.6 is 0 Å². The number of hydrogen-bond acceptors (Lipinski definition) is 1. The summed E-state index contributed by atoms with van der Waals surface area (Å²) in [6.45, 7) is 0. The van der Waals surface area contributed by atoms with Crippen LogP contribution in [0.5, 0.6) is 0 Å². The van der Waals surface area contributed by atoms with Crippen molar-refractivity contribution in [1.82, 2.24) is 0 Å². The predicted molar refractivity (Wildman–Crippen MR) is 88.8 cm³/mol. The Kier molecular flexibility index (Phi) is 4.21. The standard InChI is InChI=1S/C20H13F3O/c21-20(22,23)18(13-19(24)15-7-2-1-3-8-15)17-11-10-14-6-4-5-9-16(14)12-17/h1-13H/b18-13+. The number of carbonyl (C=O) groups excluding carboxylic acids is 1. The van der Waals surface area contributed by atoms with Crippen molar-refractivity contribution >= 4 is 22.1 Å². The number of ketones is 1. The minimum Gasteiger partial charge on any atom is -0.289 e. The van der Waals surface area contributed by atoms with Gasteiger partial charge in [-0.1, -0.05) is 66.7 Å². The van der Waals surface area contributed by atoms with Crippen molar-refractivity contribution in [1.29, 1.82) is 0 Å².